The molecule has 1 aliphatic heterocycles. The molecule has 1 aliphatic carbocycles. The number of rotatable bonds is 3. The van der Waals surface area contributed by atoms with Crippen LogP contribution in [0.3, 0.4) is 0 Å². The van der Waals surface area contributed by atoms with Crippen LogP contribution < -0.4 is 5.01 Å². The Balaban J connectivity index is 1.87. The Labute approximate surface area is 130 Å². The second-order valence-electron chi connectivity index (χ2n) is 6.29. The van der Waals surface area contributed by atoms with Gasteiger partial charge in [-0.15, -0.1) is 0 Å². The van der Waals surface area contributed by atoms with Gasteiger partial charge in [-0.1, -0.05) is 31.4 Å². The van der Waals surface area contributed by atoms with E-state index in [1.54, 1.807) is 12.1 Å². The standard InChI is InChI=1S/C17H22N2O3/c1-18-15(20)9-12-19(18)14-7-5-13(6-8-14)17(16(21)22)10-3-2-4-11-17/h5-8H,2-4,9-12H2,1H3,(H,21,22). The van der Waals surface area contributed by atoms with E-state index in [0.29, 0.717) is 25.8 Å². The van der Waals surface area contributed by atoms with Gasteiger partial charge in [0.2, 0.25) is 5.91 Å². The molecular weight excluding hydrogens is 280 g/mol. The maximum Gasteiger partial charge on any atom is 0.314 e. The van der Waals surface area contributed by atoms with Crippen LogP contribution in [0.4, 0.5) is 5.69 Å². The number of amides is 1. The van der Waals surface area contributed by atoms with Crippen molar-refractivity contribution in [2.24, 2.45) is 0 Å². The summed E-state index contributed by atoms with van der Waals surface area (Å²) in [5.41, 5.74) is 1.09. The van der Waals surface area contributed by atoms with Crippen molar-refractivity contribution in [1.82, 2.24) is 5.01 Å². The van der Waals surface area contributed by atoms with Gasteiger partial charge in [0, 0.05) is 20.0 Å². The monoisotopic (exact) mass is 302 g/mol. The van der Waals surface area contributed by atoms with Gasteiger partial charge in [0.05, 0.1) is 11.1 Å². The molecule has 5 nitrogen and oxygen atoms in total. The van der Waals surface area contributed by atoms with Gasteiger partial charge in [-0.2, -0.15) is 0 Å². The first-order valence-corrected chi connectivity index (χ1v) is 7.92. The molecule has 2 aliphatic rings. The molecule has 1 aromatic carbocycles. The van der Waals surface area contributed by atoms with Crippen molar-refractivity contribution >= 4 is 17.6 Å². The van der Waals surface area contributed by atoms with Crippen LogP contribution >= 0.6 is 0 Å². The summed E-state index contributed by atoms with van der Waals surface area (Å²) in [5.74, 6) is -0.605. The highest BCUT2D eigenvalue weighted by Crippen LogP contribution is 2.40. The van der Waals surface area contributed by atoms with Crippen molar-refractivity contribution in [2.45, 2.75) is 43.9 Å². The number of carboxylic acids is 1. The van der Waals surface area contributed by atoms with Crippen LogP contribution in [0.2, 0.25) is 0 Å². The molecule has 118 valence electrons. The van der Waals surface area contributed by atoms with Gasteiger partial charge in [-0.3, -0.25) is 19.6 Å². The number of hydrazine groups is 1. The topological polar surface area (TPSA) is 60.9 Å². The first-order chi connectivity index (χ1) is 10.5. The Morgan fingerprint density at radius 2 is 1.77 bits per heavy atom. The lowest BCUT2D eigenvalue weighted by molar-refractivity contribution is -0.145. The molecule has 0 unspecified atom stereocenters. The number of benzene rings is 1. The maximum atomic E-state index is 11.8. The molecule has 1 heterocycles. The molecular formula is C17H22N2O3. The Hall–Kier alpha value is -2.04. The zero-order valence-electron chi connectivity index (χ0n) is 12.9. The van der Waals surface area contributed by atoms with Crippen LogP contribution in [0, 0.1) is 0 Å². The Kier molecular flexibility index (Phi) is 3.81. The Bertz CT molecular complexity index is 576. The summed E-state index contributed by atoms with van der Waals surface area (Å²) < 4.78 is 0. The van der Waals surface area contributed by atoms with E-state index in [9.17, 15) is 14.7 Å². The van der Waals surface area contributed by atoms with Crippen LogP contribution in [0.25, 0.3) is 0 Å². The third-order valence-electron chi connectivity index (χ3n) is 5.09. The number of carbonyl (C=O) groups is 2. The van der Waals surface area contributed by atoms with E-state index >= 15 is 0 Å². The fraction of sp³-hybridized carbons (Fsp3) is 0.529. The van der Waals surface area contributed by atoms with Crippen LogP contribution in [-0.4, -0.2) is 35.6 Å². The molecule has 0 atom stereocenters. The minimum absolute atomic E-state index is 0.110. The molecule has 1 saturated heterocycles. The smallest absolute Gasteiger partial charge is 0.314 e. The summed E-state index contributed by atoms with van der Waals surface area (Å²) in [5, 5.41) is 13.3. The molecule has 1 N–H and O–H groups in total. The van der Waals surface area contributed by atoms with Gasteiger partial charge in [-0.05, 0) is 30.5 Å². The number of carboxylic acid groups (broad SMARTS) is 1. The van der Waals surface area contributed by atoms with Crippen molar-refractivity contribution < 1.29 is 14.7 Å². The lowest BCUT2D eigenvalue weighted by Crippen LogP contribution is -2.38. The molecule has 1 aromatic rings. The number of nitrogens with zero attached hydrogens (tertiary/aromatic N) is 2. The number of hydrogen-bond donors (Lipinski definition) is 1. The third kappa shape index (κ3) is 2.34. The quantitative estimate of drug-likeness (QED) is 0.932. The molecule has 0 radical (unpaired) electrons. The van der Waals surface area contributed by atoms with Crippen molar-refractivity contribution in [2.75, 3.05) is 18.6 Å². The van der Waals surface area contributed by atoms with Gasteiger partial charge >= 0.3 is 5.97 Å². The van der Waals surface area contributed by atoms with Crippen LogP contribution in [0.1, 0.15) is 44.1 Å². The van der Waals surface area contributed by atoms with E-state index in [0.717, 1.165) is 30.5 Å². The normalized spacial score (nSPS) is 21.2. The Morgan fingerprint density at radius 3 is 2.27 bits per heavy atom. The summed E-state index contributed by atoms with van der Waals surface area (Å²) in [6, 6.07) is 7.71. The largest absolute Gasteiger partial charge is 0.481 e. The number of anilines is 1. The van der Waals surface area contributed by atoms with Crippen LogP contribution in [0.5, 0.6) is 0 Å². The van der Waals surface area contributed by atoms with Crippen LogP contribution in [-0.2, 0) is 15.0 Å². The summed E-state index contributed by atoms with van der Waals surface area (Å²) in [6.45, 7) is 0.679. The molecule has 2 fully saturated rings. The minimum Gasteiger partial charge on any atom is -0.481 e. The van der Waals surface area contributed by atoms with Gasteiger partial charge in [0.15, 0.2) is 0 Å². The van der Waals surface area contributed by atoms with E-state index in [1.807, 2.05) is 29.3 Å². The fourth-order valence-corrected chi connectivity index (χ4v) is 3.68. The SMILES string of the molecule is CN1C(=O)CCN1c1ccc(C2(C(=O)O)CCCCC2)cc1. The highest BCUT2D eigenvalue weighted by atomic mass is 16.4. The van der Waals surface area contributed by atoms with Gasteiger partial charge < -0.3 is 5.11 Å². The van der Waals surface area contributed by atoms with Gasteiger partial charge in [0.1, 0.15) is 0 Å². The molecule has 1 saturated carbocycles. The summed E-state index contributed by atoms with van der Waals surface area (Å²) >= 11 is 0. The van der Waals surface area contributed by atoms with E-state index in [4.69, 9.17) is 0 Å². The van der Waals surface area contributed by atoms with Gasteiger partial charge in [0.25, 0.3) is 0 Å². The van der Waals surface area contributed by atoms with Crippen LogP contribution in [0.15, 0.2) is 24.3 Å². The predicted molar refractivity (Wildman–Crippen MR) is 83.6 cm³/mol. The second-order valence-corrected chi connectivity index (χ2v) is 6.29. The second kappa shape index (κ2) is 5.63. The number of hydrogen-bond acceptors (Lipinski definition) is 3. The van der Waals surface area contributed by atoms with E-state index in [2.05, 4.69) is 0 Å². The van der Waals surface area contributed by atoms with E-state index in [-0.39, 0.29) is 5.91 Å². The number of carbonyl (C=O) groups excluding carboxylic acids is 1. The zero-order chi connectivity index (χ0) is 15.7. The van der Waals surface area contributed by atoms with Crippen molar-refractivity contribution in [3.8, 4) is 0 Å². The lowest BCUT2D eigenvalue weighted by atomic mass is 9.69. The minimum atomic E-state index is -0.733. The molecule has 0 spiro atoms. The highest BCUT2D eigenvalue weighted by molar-refractivity contribution is 5.83. The molecule has 22 heavy (non-hydrogen) atoms. The maximum absolute atomic E-state index is 11.8. The van der Waals surface area contributed by atoms with E-state index < -0.39 is 11.4 Å². The van der Waals surface area contributed by atoms with Gasteiger partial charge in [-0.25, -0.2) is 0 Å². The average Bonchev–Trinajstić information content (AvgIpc) is 2.88. The highest BCUT2D eigenvalue weighted by Gasteiger charge is 2.41. The summed E-state index contributed by atoms with van der Waals surface area (Å²) in [7, 11) is 1.77. The lowest BCUT2D eigenvalue weighted by Gasteiger charge is -2.34. The average molecular weight is 302 g/mol. The van der Waals surface area contributed by atoms with Crippen molar-refractivity contribution in [1.29, 1.82) is 0 Å². The molecule has 0 aromatic heterocycles. The predicted octanol–water partition coefficient (Wildman–Crippen LogP) is 2.56. The van der Waals surface area contributed by atoms with Crippen molar-refractivity contribution in [3.63, 3.8) is 0 Å². The molecule has 3 rings (SSSR count). The Morgan fingerprint density at radius 1 is 1.14 bits per heavy atom. The summed E-state index contributed by atoms with van der Waals surface area (Å²) in [6.07, 6.45) is 5.01. The third-order valence-corrected chi connectivity index (χ3v) is 5.09. The summed E-state index contributed by atoms with van der Waals surface area (Å²) in [4.78, 5) is 23.5. The molecule has 1 amide bonds. The molecule has 0 bridgehead atoms. The zero-order valence-corrected chi connectivity index (χ0v) is 12.9. The first-order valence-electron chi connectivity index (χ1n) is 7.92. The fourth-order valence-electron chi connectivity index (χ4n) is 3.68. The van der Waals surface area contributed by atoms with E-state index in [1.165, 1.54) is 0 Å². The molecule has 5 heteroatoms. The number of aliphatic carboxylic acids is 1. The first kappa shape index (κ1) is 14.9. The van der Waals surface area contributed by atoms with Crippen molar-refractivity contribution in [3.05, 3.63) is 29.8 Å².